The molecule has 222 valence electrons. The summed E-state index contributed by atoms with van der Waals surface area (Å²) in [5.74, 6) is 0.260. The molecule has 6 rings (SSSR count). The van der Waals surface area contributed by atoms with Crippen LogP contribution in [0, 0.1) is 6.92 Å². The van der Waals surface area contributed by atoms with Crippen molar-refractivity contribution in [2.24, 2.45) is 0 Å². The molecule has 42 heavy (non-hydrogen) atoms. The van der Waals surface area contributed by atoms with Crippen LogP contribution < -0.4 is 25.6 Å². The van der Waals surface area contributed by atoms with Crippen molar-refractivity contribution < 1.29 is 27.4 Å². The van der Waals surface area contributed by atoms with Crippen LogP contribution in [0.2, 0.25) is 0 Å². The molecule has 0 atom stereocenters. The van der Waals surface area contributed by atoms with E-state index in [0.29, 0.717) is 58.3 Å². The number of rotatable bonds is 6. The van der Waals surface area contributed by atoms with Crippen molar-refractivity contribution in [1.29, 1.82) is 0 Å². The van der Waals surface area contributed by atoms with Gasteiger partial charge in [-0.25, -0.2) is 15.0 Å². The molecular formula is C28H31F3N8O3. The molecule has 3 N–H and O–H groups in total. The number of carbonyl (C=O) groups excluding carboxylic acids is 1. The van der Waals surface area contributed by atoms with Crippen LogP contribution in [0.3, 0.4) is 0 Å². The molecule has 11 nitrogen and oxygen atoms in total. The Bertz CT molecular complexity index is 1480. The largest absolute Gasteiger partial charge is 0.474 e. The maximum atomic E-state index is 14.0. The van der Waals surface area contributed by atoms with Crippen molar-refractivity contribution in [3.63, 3.8) is 0 Å². The third kappa shape index (κ3) is 6.04. The first-order valence-electron chi connectivity index (χ1n) is 13.8. The molecule has 0 aliphatic carbocycles. The monoisotopic (exact) mass is 584 g/mol. The number of pyridine rings is 1. The molecule has 0 radical (unpaired) electrons. The Morgan fingerprint density at radius 3 is 2.76 bits per heavy atom. The quantitative estimate of drug-likeness (QED) is 0.397. The average Bonchev–Trinajstić information content (AvgIpc) is 2.98. The Morgan fingerprint density at radius 2 is 1.95 bits per heavy atom. The molecule has 0 saturated carbocycles. The van der Waals surface area contributed by atoms with Crippen molar-refractivity contribution >= 4 is 34.6 Å². The van der Waals surface area contributed by atoms with Gasteiger partial charge in [0.2, 0.25) is 17.7 Å². The van der Waals surface area contributed by atoms with Crippen LogP contribution in [-0.2, 0) is 28.7 Å². The third-order valence-corrected chi connectivity index (χ3v) is 7.53. The van der Waals surface area contributed by atoms with E-state index in [4.69, 9.17) is 9.47 Å². The van der Waals surface area contributed by atoms with Crippen molar-refractivity contribution in [3.05, 3.63) is 53.0 Å². The number of benzene rings is 1. The number of alkyl halides is 3. The molecule has 1 amide bonds. The van der Waals surface area contributed by atoms with E-state index in [9.17, 15) is 18.0 Å². The molecule has 0 spiro atoms. The van der Waals surface area contributed by atoms with Crippen LogP contribution in [0.1, 0.15) is 22.4 Å². The number of carbonyl (C=O) groups is 1. The number of anilines is 5. The minimum Gasteiger partial charge on any atom is -0.474 e. The summed E-state index contributed by atoms with van der Waals surface area (Å²) in [4.78, 5) is 29.9. The van der Waals surface area contributed by atoms with Gasteiger partial charge in [0.05, 0.1) is 55.1 Å². The van der Waals surface area contributed by atoms with Crippen molar-refractivity contribution in [1.82, 2.24) is 19.9 Å². The number of hydrogen-bond donors (Lipinski definition) is 3. The molecule has 3 aliphatic heterocycles. The Kier molecular flexibility index (Phi) is 7.73. The highest BCUT2D eigenvalue weighted by Gasteiger charge is 2.34. The van der Waals surface area contributed by atoms with Crippen LogP contribution in [0.5, 0.6) is 5.88 Å². The molecule has 2 aromatic heterocycles. The summed E-state index contributed by atoms with van der Waals surface area (Å²) in [6, 6.07) is 3.66. The van der Waals surface area contributed by atoms with E-state index < -0.39 is 17.6 Å². The topological polar surface area (TPSA) is 117 Å². The maximum Gasteiger partial charge on any atom is 0.418 e. The number of halogens is 3. The van der Waals surface area contributed by atoms with E-state index in [0.717, 1.165) is 40.8 Å². The van der Waals surface area contributed by atoms with Crippen LogP contribution >= 0.6 is 0 Å². The third-order valence-electron chi connectivity index (χ3n) is 7.53. The van der Waals surface area contributed by atoms with E-state index in [1.165, 1.54) is 12.1 Å². The fourth-order valence-corrected chi connectivity index (χ4v) is 5.35. The van der Waals surface area contributed by atoms with Gasteiger partial charge in [-0.05, 0) is 37.1 Å². The lowest BCUT2D eigenvalue weighted by atomic mass is 10.0. The Balaban J connectivity index is 1.18. The van der Waals surface area contributed by atoms with E-state index in [-0.39, 0.29) is 23.9 Å². The predicted octanol–water partition coefficient (Wildman–Crippen LogP) is 3.58. The van der Waals surface area contributed by atoms with Gasteiger partial charge in [0.1, 0.15) is 12.3 Å². The number of amides is 1. The standard InChI is InChI=1S/C28H31F3N8O3/c1-17-23(14-33-26-25(17)32-5-9-42-26)39-6-4-18-13-34-27(37-22(18)15-39)35-19-2-3-21(20(12-19)28(29,30)31)36-24(40)16-38-7-10-41-11-8-38/h2-3,12-14,32H,4-11,15-16H2,1H3,(H,36,40)(H,34,35,37). The lowest BCUT2D eigenvalue weighted by Gasteiger charge is -2.32. The lowest BCUT2D eigenvalue weighted by Crippen LogP contribution is -2.41. The van der Waals surface area contributed by atoms with Crippen LogP contribution in [0.25, 0.3) is 0 Å². The van der Waals surface area contributed by atoms with Crippen LogP contribution in [-0.4, -0.2) is 78.3 Å². The van der Waals surface area contributed by atoms with Gasteiger partial charge in [-0.2, -0.15) is 13.2 Å². The second kappa shape index (κ2) is 11.6. The summed E-state index contributed by atoms with van der Waals surface area (Å²) >= 11 is 0. The summed E-state index contributed by atoms with van der Waals surface area (Å²) in [5.41, 5.74) is 3.54. The van der Waals surface area contributed by atoms with Gasteiger partial charge in [-0.15, -0.1) is 0 Å². The Morgan fingerprint density at radius 1 is 1.12 bits per heavy atom. The molecule has 3 aliphatic rings. The van der Waals surface area contributed by atoms with Gasteiger partial charge in [0.25, 0.3) is 0 Å². The highest BCUT2D eigenvalue weighted by Crippen LogP contribution is 2.38. The number of fused-ring (bicyclic) bond motifs is 2. The minimum absolute atomic E-state index is 0.00796. The SMILES string of the molecule is Cc1c(N2CCc3cnc(Nc4ccc(NC(=O)CN5CCOCC5)c(C(F)(F)F)c4)nc3C2)cnc2c1NCCO2. The van der Waals surface area contributed by atoms with E-state index >= 15 is 0 Å². The number of nitrogens with zero attached hydrogens (tertiary/aromatic N) is 5. The van der Waals surface area contributed by atoms with Gasteiger partial charge in [0.15, 0.2) is 0 Å². The zero-order valence-corrected chi connectivity index (χ0v) is 23.1. The van der Waals surface area contributed by atoms with Crippen molar-refractivity contribution in [2.45, 2.75) is 26.1 Å². The fraction of sp³-hybridized carbons (Fsp3) is 0.429. The second-order valence-electron chi connectivity index (χ2n) is 10.4. The van der Waals surface area contributed by atoms with E-state index in [1.54, 1.807) is 12.4 Å². The molecule has 3 aromatic rings. The number of morpholine rings is 1. The molecule has 1 fully saturated rings. The second-order valence-corrected chi connectivity index (χ2v) is 10.4. The van der Waals surface area contributed by atoms with Crippen molar-refractivity contribution in [3.8, 4) is 5.88 Å². The molecule has 0 bridgehead atoms. The number of nitrogens with one attached hydrogen (secondary N) is 3. The minimum atomic E-state index is -4.68. The summed E-state index contributed by atoms with van der Waals surface area (Å²) in [6.07, 6.45) is -0.461. The summed E-state index contributed by atoms with van der Waals surface area (Å²) < 4.78 is 52.8. The number of aromatic nitrogens is 3. The molecule has 0 unspecified atom stereocenters. The fourth-order valence-electron chi connectivity index (χ4n) is 5.35. The highest BCUT2D eigenvalue weighted by molar-refractivity contribution is 5.93. The maximum absolute atomic E-state index is 14.0. The van der Waals surface area contributed by atoms with Gasteiger partial charge in [-0.1, -0.05) is 0 Å². The molecule has 1 saturated heterocycles. The number of hydrogen-bond acceptors (Lipinski definition) is 10. The molecular weight excluding hydrogens is 553 g/mol. The zero-order chi connectivity index (χ0) is 29.3. The molecule has 1 aromatic carbocycles. The normalized spacial score (nSPS) is 17.0. The first-order valence-corrected chi connectivity index (χ1v) is 13.8. The van der Waals surface area contributed by atoms with E-state index in [2.05, 4.69) is 35.8 Å². The van der Waals surface area contributed by atoms with E-state index in [1.807, 2.05) is 11.8 Å². The Labute approximate surface area is 240 Å². The predicted molar refractivity (Wildman–Crippen MR) is 150 cm³/mol. The van der Waals surface area contributed by atoms with Gasteiger partial charge in [-0.3, -0.25) is 9.69 Å². The first kappa shape index (κ1) is 28.0. The zero-order valence-electron chi connectivity index (χ0n) is 23.1. The van der Waals surface area contributed by atoms with Crippen LogP contribution in [0.15, 0.2) is 30.6 Å². The lowest BCUT2D eigenvalue weighted by molar-refractivity contribution is -0.136. The van der Waals surface area contributed by atoms with Crippen molar-refractivity contribution in [2.75, 3.05) is 73.4 Å². The molecule has 14 heteroatoms. The van der Waals surface area contributed by atoms with Gasteiger partial charge < -0.3 is 30.3 Å². The highest BCUT2D eigenvalue weighted by atomic mass is 19.4. The summed E-state index contributed by atoms with van der Waals surface area (Å²) in [7, 11) is 0. The molecule has 5 heterocycles. The Hall–Kier alpha value is -4.17. The smallest absolute Gasteiger partial charge is 0.418 e. The summed E-state index contributed by atoms with van der Waals surface area (Å²) in [6.45, 7) is 6.62. The average molecular weight is 585 g/mol. The van der Waals surface area contributed by atoms with Crippen LogP contribution in [0.4, 0.5) is 41.9 Å². The van der Waals surface area contributed by atoms with Gasteiger partial charge >= 0.3 is 6.18 Å². The number of ether oxygens (including phenoxy) is 2. The summed E-state index contributed by atoms with van der Waals surface area (Å²) in [5, 5.41) is 8.68. The van der Waals surface area contributed by atoms with Gasteiger partial charge in [0, 0.05) is 43.6 Å². The first-order chi connectivity index (χ1) is 20.2.